The van der Waals surface area contributed by atoms with Crippen molar-refractivity contribution >= 4 is 11.9 Å². The standard InChI is InChI=1S/C15H15FN2O/c1-10-15(11(2)18(3)17-10)14(19)9-6-12-4-7-13(16)8-5-12/h4-9H,1-3H3/b9-6+. The van der Waals surface area contributed by atoms with Crippen molar-refractivity contribution in [2.24, 2.45) is 7.05 Å². The lowest BCUT2D eigenvalue weighted by molar-refractivity contribution is 0.104. The summed E-state index contributed by atoms with van der Waals surface area (Å²) < 4.78 is 14.4. The Hall–Kier alpha value is -2.23. The molecule has 0 radical (unpaired) electrons. The van der Waals surface area contributed by atoms with Crippen LogP contribution in [0.3, 0.4) is 0 Å². The Morgan fingerprint density at radius 3 is 2.42 bits per heavy atom. The number of carbonyl (C=O) groups is 1. The Bertz CT molecular complexity index is 639. The first-order valence-corrected chi connectivity index (χ1v) is 5.97. The van der Waals surface area contributed by atoms with Crippen molar-refractivity contribution in [1.29, 1.82) is 0 Å². The van der Waals surface area contributed by atoms with E-state index in [4.69, 9.17) is 0 Å². The number of nitrogens with zero attached hydrogens (tertiary/aromatic N) is 2. The number of carbonyl (C=O) groups excluding carboxylic acids is 1. The molecule has 0 fully saturated rings. The smallest absolute Gasteiger partial charge is 0.189 e. The maximum atomic E-state index is 12.8. The molecule has 0 aliphatic carbocycles. The molecule has 0 bridgehead atoms. The van der Waals surface area contributed by atoms with Crippen LogP contribution < -0.4 is 0 Å². The van der Waals surface area contributed by atoms with Gasteiger partial charge in [0, 0.05) is 12.7 Å². The Morgan fingerprint density at radius 2 is 1.89 bits per heavy atom. The maximum absolute atomic E-state index is 12.8. The Kier molecular flexibility index (Phi) is 3.60. The fourth-order valence-electron chi connectivity index (χ4n) is 1.96. The minimum Gasteiger partial charge on any atom is -0.289 e. The normalized spacial score (nSPS) is 11.2. The van der Waals surface area contributed by atoms with Crippen LogP contribution in [0.4, 0.5) is 4.39 Å². The first kappa shape index (κ1) is 13.2. The van der Waals surface area contributed by atoms with E-state index in [1.165, 1.54) is 18.2 Å². The summed E-state index contributed by atoms with van der Waals surface area (Å²) in [7, 11) is 1.81. The predicted molar refractivity (Wildman–Crippen MR) is 72.4 cm³/mol. The van der Waals surface area contributed by atoms with E-state index in [9.17, 15) is 9.18 Å². The molecule has 1 heterocycles. The van der Waals surface area contributed by atoms with Crippen molar-refractivity contribution in [3.8, 4) is 0 Å². The van der Waals surface area contributed by atoms with Crippen molar-refractivity contribution in [1.82, 2.24) is 9.78 Å². The van der Waals surface area contributed by atoms with E-state index in [1.54, 1.807) is 22.9 Å². The van der Waals surface area contributed by atoms with Crippen LogP contribution in [0.15, 0.2) is 30.3 Å². The van der Waals surface area contributed by atoms with E-state index in [1.807, 2.05) is 20.9 Å². The molecular formula is C15H15FN2O. The lowest BCUT2D eigenvalue weighted by Crippen LogP contribution is -1.99. The number of allylic oxidation sites excluding steroid dienone is 1. The number of hydrogen-bond acceptors (Lipinski definition) is 2. The van der Waals surface area contributed by atoms with E-state index in [2.05, 4.69) is 5.10 Å². The van der Waals surface area contributed by atoms with Crippen molar-refractivity contribution < 1.29 is 9.18 Å². The van der Waals surface area contributed by atoms with Gasteiger partial charge in [0.05, 0.1) is 11.3 Å². The molecule has 2 aromatic rings. The molecule has 2 rings (SSSR count). The van der Waals surface area contributed by atoms with Gasteiger partial charge in [-0.15, -0.1) is 0 Å². The molecule has 0 aliphatic heterocycles. The minimum absolute atomic E-state index is 0.0903. The number of ketones is 1. The van der Waals surface area contributed by atoms with Crippen LogP contribution in [-0.4, -0.2) is 15.6 Å². The molecule has 0 saturated carbocycles. The van der Waals surface area contributed by atoms with Gasteiger partial charge in [0.25, 0.3) is 0 Å². The van der Waals surface area contributed by atoms with Crippen molar-refractivity contribution in [2.45, 2.75) is 13.8 Å². The third kappa shape index (κ3) is 2.78. The van der Waals surface area contributed by atoms with Gasteiger partial charge in [0.1, 0.15) is 5.82 Å². The first-order chi connectivity index (χ1) is 8.99. The van der Waals surface area contributed by atoms with Crippen LogP contribution in [0, 0.1) is 19.7 Å². The maximum Gasteiger partial charge on any atom is 0.189 e. The lowest BCUT2D eigenvalue weighted by Gasteiger charge is -1.97. The van der Waals surface area contributed by atoms with Crippen molar-refractivity contribution in [3.63, 3.8) is 0 Å². The average molecular weight is 258 g/mol. The molecule has 0 atom stereocenters. The summed E-state index contributed by atoms with van der Waals surface area (Å²) in [4.78, 5) is 12.1. The Balaban J connectivity index is 2.23. The average Bonchev–Trinajstić information content (AvgIpc) is 2.62. The van der Waals surface area contributed by atoms with Gasteiger partial charge in [0.2, 0.25) is 0 Å². The molecule has 0 aliphatic rings. The first-order valence-electron chi connectivity index (χ1n) is 5.97. The summed E-state index contributed by atoms with van der Waals surface area (Å²) in [6.07, 6.45) is 3.16. The van der Waals surface area contributed by atoms with Crippen LogP contribution >= 0.6 is 0 Å². The third-order valence-electron chi connectivity index (χ3n) is 3.05. The number of aryl methyl sites for hydroxylation is 2. The summed E-state index contributed by atoms with van der Waals surface area (Å²) >= 11 is 0. The summed E-state index contributed by atoms with van der Waals surface area (Å²) in [5.74, 6) is -0.380. The molecule has 0 saturated heterocycles. The van der Waals surface area contributed by atoms with Crippen molar-refractivity contribution in [2.75, 3.05) is 0 Å². The zero-order valence-electron chi connectivity index (χ0n) is 11.1. The van der Waals surface area contributed by atoms with E-state index >= 15 is 0 Å². The summed E-state index contributed by atoms with van der Waals surface area (Å²) in [5, 5.41) is 4.21. The van der Waals surface area contributed by atoms with Crippen LogP contribution in [0.25, 0.3) is 6.08 Å². The van der Waals surface area contributed by atoms with Gasteiger partial charge in [-0.2, -0.15) is 5.10 Å². The number of benzene rings is 1. The van der Waals surface area contributed by atoms with E-state index < -0.39 is 0 Å². The lowest BCUT2D eigenvalue weighted by atomic mass is 10.1. The van der Waals surface area contributed by atoms with E-state index in [0.717, 1.165) is 11.3 Å². The summed E-state index contributed by atoms with van der Waals surface area (Å²) in [5.41, 5.74) is 2.97. The molecule has 1 aromatic heterocycles. The Morgan fingerprint density at radius 1 is 1.26 bits per heavy atom. The number of halogens is 1. The molecule has 98 valence electrons. The van der Waals surface area contributed by atoms with Gasteiger partial charge in [-0.3, -0.25) is 9.48 Å². The highest BCUT2D eigenvalue weighted by Crippen LogP contribution is 2.14. The second-order valence-electron chi connectivity index (χ2n) is 4.42. The molecule has 0 amide bonds. The second kappa shape index (κ2) is 5.18. The fraction of sp³-hybridized carbons (Fsp3) is 0.200. The van der Waals surface area contributed by atoms with E-state index in [-0.39, 0.29) is 11.6 Å². The fourth-order valence-corrected chi connectivity index (χ4v) is 1.96. The molecular weight excluding hydrogens is 243 g/mol. The van der Waals surface area contributed by atoms with E-state index in [0.29, 0.717) is 11.3 Å². The SMILES string of the molecule is Cc1nn(C)c(C)c1C(=O)/C=C/c1ccc(F)cc1. The van der Waals surface area contributed by atoms with Gasteiger partial charge < -0.3 is 0 Å². The molecule has 4 heteroatoms. The third-order valence-corrected chi connectivity index (χ3v) is 3.05. The van der Waals surface area contributed by atoms with Crippen LogP contribution in [0.2, 0.25) is 0 Å². The summed E-state index contributed by atoms with van der Waals surface area (Å²) in [6.45, 7) is 3.67. The highest BCUT2D eigenvalue weighted by atomic mass is 19.1. The van der Waals surface area contributed by atoms with Crippen LogP contribution in [-0.2, 0) is 7.05 Å². The number of rotatable bonds is 3. The Labute approximate surface area is 111 Å². The predicted octanol–water partition coefficient (Wildman–Crippen LogP) is 3.07. The molecule has 0 spiro atoms. The molecule has 19 heavy (non-hydrogen) atoms. The molecule has 0 N–H and O–H groups in total. The number of hydrogen-bond donors (Lipinski definition) is 0. The van der Waals surface area contributed by atoms with Crippen LogP contribution in [0.1, 0.15) is 27.3 Å². The second-order valence-corrected chi connectivity index (χ2v) is 4.42. The quantitative estimate of drug-likeness (QED) is 0.626. The molecule has 1 aromatic carbocycles. The molecule has 3 nitrogen and oxygen atoms in total. The minimum atomic E-state index is -0.289. The van der Waals surface area contributed by atoms with Gasteiger partial charge in [-0.25, -0.2) is 4.39 Å². The summed E-state index contributed by atoms with van der Waals surface area (Å²) in [6, 6.07) is 5.99. The van der Waals surface area contributed by atoms with Crippen LogP contribution in [0.5, 0.6) is 0 Å². The van der Waals surface area contributed by atoms with Gasteiger partial charge in [-0.05, 0) is 37.6 Å². The zero-order valence-corrected chi connectivity index (χ0v) is 11.1. The monoisotopic (exact) mass is 258 g/mol. The van der Waals surface area contributed by atoms with Crippen molar-refractivity contribution in [3.05, 3.63) is 58.7 Å². The largest absolute Gasteiger partial charge is 0.289 e. The zero-order chi connectivity index (χ0) is 14.0. The van der Waals surface area contributed by atoms with Gasteiger partial charge in [0.15, 0.2) is 5.78 Å². The highest BCUT2D eigenvalue weighted by Gasteiger charge is 2.14. The van der Waals surface area contributed by atoms with Gasteiger partial charge in [-0.1, -0.05) is 18.2 Å². The number of aromatic nitrogens is 2. The highest BCUT2D eigenvalue weighted by molar-refractivity contribution is 6.08. The topological polar surface area (TPSA) is 34.9 Å². The molecule has 0 unspecified atom stereocenters. The van der Waals surface area contributed by atoms with Gasteiger partial charge >= 0.3 is 0 Å².